The van der Waals surface area contributed by atoms with Gasteiger partial charge in [0.2, 0.25) is 17.7 Å². The van der Waals surface area contributed by atoms with Crippen molar-refractivity contribution in [2.24, 2.45) is 0 Å². The number of carbonyl (C=O) groups is 13. The summed E-state index contributed by atoms with van der Waals surface area (Å²) in [6.45, 7) is -10.8. The number of hydrogen-bond acceptors (Lipinski definition) is 27. The van der Waals surface area contributed by atoms with Gasteiger partial charge >= 0.3 is 59.9 Å². The maximum atomic E-state index is 14.3. The first kappa shape index (κ1) is 98.8. The fraction of sp³-hybridized carbons (Fsp3) is 0.658. The maximum Gasteiger partial charge on any atom is 0.407 e. The Morgan fingerprint density at radius 2 is 0.535 bits per heavy atom. The van der Waals surface area contributed by atoms with Crippen molar-refractivity contribution in [2.75, 3.05) is 185 Å². The molecule has 642 valence electrons. The molecule has 0 bridgehead atoms. The van der Waals surface area contributed by atoms with E-state index in [1.54, 1.807) is 0 Å². The van der Waals surface area contributed by atoms with E-state index in [1.165, 1.54) is 0 Å². The predicted molar refractivity (Wildman–Crippen MR) is 392 cm³/mol. The highest BCUT2D eigenvalue weighted by Gasteiger charge is 2.39. The fourth-order valence-electron chi connectivity index (χ4n) is 11.0. The SMILES string of the molecule is O=C(O)CCOCC(COCCO)(COCCC(=O)O)NC(=O)CCOCC(COCCC(=O)NC(COCCC(=O)O)(COCCC(=O)O)COCCC(=O)O)(COCCC(=O)NC(COCCC(=O)O)(COCCC(=O)O)COCCC(=O)O)NC(=O)NCCCCCCNC(=O)OCC1c2ccccc2-c2ccccc21. The lowest BCUT2D eigenvalue weighted by atomic mass is 9.98. The Labute approximate surface area is 657 Å². The summed E-state index contributed by atoms with van der Waals surface area (Å²) in [5.41, 5.74) is -2.68. The lowest BCUT2D eigenvalue weighted by Gasteiger charge is -2.35. The minimum Gasteiger partial charge on any atom is -0.481 e. The molecule has 0 saturated carbocycles. The second-order valence-electron chi connectivity index (χ2n) is 26.6. The van der Waals surface area contributed by atoms with E-state index in [0.29, 0.717) is 25.7 Å². The smallest absolute Gasteiger partial charge is 0.407 e. The van der Waals surface area contributed by atoms with Crippen molar-refractivity contribution in [1.82, 2.24) is 31.9 Å². The van der Waals surface area contributed by atoms with Crippen LogP contribution in [-0.4, -0.2) is 331 Å². The fourth-order valence-corrected chi connectivity index (χ4v) is 11.0. The average Bonchev–Trinajstić information content (AvgIpc) is 1.61. The molecule has 0 unspecified atom stereocenters. The Morgan fingerprint density at radius 1 is 0.298 bits per heavy atom. The molecule has 114 heavy (non-hydrogen) atoms. The second-order valence-corrected chi connectivity index (χ2v) is 26.6. The van der Waals surface area contributed by atoms with Gasteiger partial charge in [-0.1, -0.05) is 61.4 Å². The molecule has 1 aliphatic rings. The molecular weight excluding hydrogens is 1520 g/mol. The van der Waals surface area contributed by atoms with Gasteiger partial charge < -0.3 is 139 Å². The number of aliphatic hydroxyl groups excluding tert-OH is 1. The Hall–Kier alpha value is -9.37. The van der Waals surface area contributed by atoms with Crippen molar-refractivity contribution < 1.29 is 170 Å². The molecule has 41 heteroatoms. The zero-order chi connectivity index (χ0) is 83.9. The summed E-state index contributed by atoms with van der Waals surface area (Å²) in [7, 11) is 0. The van der Waals surface area contributed by atoms with Crippen LogP contribution in [0.4, 0.5) is 9.59 Å². The number of ether oxygens (including phenoxy) is 13. The predicted octanol–water partition coefficient (Wildman–Crippen LogP) is 0.848. The van der Waals surface area contributed by atoms with Crippen LogP contribution in [-0.2, 0) is 114 Å². The molecule has 0 heterocycles. The van der Waals surface area contributed by atoms with Crippen molar-refractivity contribution in [3.05, 3.63) is 59.7 Å². The van der Waals surface area contributed by atoms with Crippen LogP contribution in [0.1, 0.15) is 113 Å². The minimum atomic E-state index is -1.88. The van der Waals surface area contributed by atoms with Crippen molar-refractivity contribution in [2.45, 2.75) is 124 Å². The first-order chi connectivity index (χ1) is 54.5. The summed E-state index contributed by atoms with van der Waals surface area (Å²) in [5.74, 6) is -12.4. The molecule has 0 saturated heterocycles. The molecule has 3 rings (SSSR count). The Morgan fingerprint density at radius 3 is 0.798 bits per heavy atom. The number of benzene rings is 2. The Kier molecular flexibility index (Phi) is 49.2. The first-order valence-electron chi connectivity index (χ1n) is 36.9. The molecule has 0 atom stereocenters. The lowest BCUT2D eigenvalue weighted by molar-refractivity contribution is -0.142. The zero-order valence-corrected chi connectivity index (χ0v) is 63.7. The van der Waals surface area contributed by atoms with Gasteiger partial charge in [-0.2, -0.15) is 0 Å². The number of rotatable bonds is 72. The Bertz CT molecular complexity index is 3020. The van der Waals surface area contributed by atoms with Crippen LogP contribution in [0.3, 0.4) is 0 Å². The van der Waals surface area contributed by atoms with E-state index < -0.39 is 276 Å². The number of urea groups is 1. The molecular formula is C73H110N6O35. The molecule has 6 amide bonds. The van der Waals surface area contributed by atoms with Gasteiger partial charge in [-0.05, 0) is 35.1 Å². The number of carbonyl (C=O) groups excluding carboxylic acids is 5. The van der Waals surface area contributed by atoms with Gasteiger partial charge in [0, 0.05) is 38.3 Å². The summed E-state index contributed by atoms with van der Waals surface area (Å²) < 4.78 is 74.5. The summed E-state index contributed by atoms with van der Waals surface area (Å²) in [6, 6.07) is 15.0. The molecule has 0 aliphatic heterocycles. The van der Waals surface area contributed by atoms with Gasteiger partial charge in [0.25, 0.3) is 0 Å². The summed E-state index contributed by atoms with van der Waals surface area (Å²) in [6.07, 6.45) is -3.89. The van der Waals surface area contributed by atoms with Crippen LogP contribution in [0.25, 0.3) is 11.1 Å². The number of carboxylic acid groups (broad SMARTS) is 8. The standard InChI is InChI=1S/C73H110N6O35/c80-26-38-113-48-72(46-111-36-22-66(96)97,47-112-37-23-67(98)99)78-59(83)15-29-104-51-73(49-102-27-13-57(81)76-70(40-105-30-16-60(84)85,41-106-31-17-61(86)87)42-107-32-18-62(88)89,50-103-28-14-58(82)77-71(43-108-33-19-63(90)91,44-109-34-20-64(92)93)45-110-35-21-65(94)95)79-68(100)74-24-7-1-2-8-25-75-69(101)114-39-56-54-11-5-3-9-52(54)53-10-4-6-12-55(53)56/h3-6,9-12,56,80H,1-2,7-8,13-51H2,(H,75,101)(H,76,81)(H,77,82)(H,78,83)(H,84,85)(H,86,87)(H,88,89)(H,90,91)(H,92,93)(H,94,95)(H,96,97)(H,98,99)(H2,74,79,100). The number of fused-ring (bicyclic) bond motifs is 3. The molecule has 0 aromatic heterocycles. The number of carboxylic acids is 8. The number of hydrogen-bond donors (Lipinski definition) is 15. The van der Waals surface area contributed by atoms with Gasteiger partial charge in [0.1, 0.15) is 28.8 Å². The first-order valence-corrected chi connectivity index (χ1v) is 36.9. The van der Waals surface area contributed by atoms with E-state index in [4.69, 9.17) is 61.6 Å². The second kappa shape index (κ2) is 56.8. The molecule has 1 aliphatic carbocycles. The quantitative estimate of drug-likeness (QED) is 0.0408. The number of amides is 6. The molecule has 0 radical (unpaired) electrons. The molecule has 15 N–H and O–H groups in total. The number of alkyl carbamates (subject to hydrolysis) is 1. The van der Waals surface area contributed by atoms with Crippen molar-refractivity contribution in [1.29, 1.82) is 0 Å². The van der Waals surface area contributed by atoms with Crippen LogP contribution >= 0.6 is 0 Å². The van der Waals surface area contributed by atoms with Gasteiger partial charge in [-0.15, -0.1) is 0 Å². The molecule has 0 spiro atoms. The van der Waals surface area contributed by atoms with E-state index in [0.717, 1.165) is 22.3 Å². The molecule has 2 aromatic rings. The molecule has 2 aromatic carbocycles. The van der Waals surface area contributed by atoms with Crippen molar-refractivity contribution >= 4 is 77.6 Å². The van der Waals surface area contributed by atoms with E-state index in [2.05, 4.69) is 31.9 Å². The number of aliphatic hydroxyl groups is 1. The third kappa shape index (κ3) is 44.3. The van der Waals surface area contributed by atoms with Crippen molar-refractivity contribution in [3.8, 4) is 11.1 Å². The lowest BCUT2D eigenvalue weighted by Crippen LogP contribution is -2.61. The van der Waals surface area contributed by atoms with Gasteiger partial charge in [-0.3, -0.25) is 52.7 Å². The van der Waals surface area contributed by atoms with Crippen LogP contribution in [0.5, 0.6) is 0 Å². The van der Waals surface area contributed by atoms with Gasteiger partial charge in [0.15, 0.2) is 0 Å². The topological polar surface area (TPSA) is 596 Å². The monoisotopic (exact) mass is 1630 g/mol. The Balaban J connectivity index is 2.01. The zero-order valence-electron chi connectivity index (χ0n) is 63.7. The summed E-state index contributed by atoms with van der Waals surface area (Å²) >= 11 is 0. The van der Waals surface area contributed by atoms with Crippen molar-refractivity contribution in [3.63, 3.8) is 0 Å². The number of nitrogens with one attached hydrogen (secondary N) is 6. The highest BCUT2D eigenvalue weighted by atomic mass is 16.6. The van der Waals surface area contributed by atoms with Crippen LogP contribution in [0.15, 0.2) is 48.5 Å². The van der Waals surface area contributed by atoms with E-state index in [1.807, 2.05) is 48.5 Å². The third-order valence-electron chi connectivity index (χ3n) is 16.5. The van der Waals surface area contributed by atoms with Crippen LogP contribution < -0.4 is 31.9 Å². The number of unbranched alkanes of at least 4 members (excludes halogenated alkanes) is 3. The summed E-state index contributed by atoms with van der Waals surface area (Å²) in [4.78, 5) is 161. The molecule has 41 nitrogen and oxygen atoms in total. The summed E-state index contributed by atoms with van der Waals surface area (Å²) in [5, 5.41) is 100. The van der Waals surface area contributed by atoms with E-state index in [9.17, 15) is 108 Å². The van der Waals surface area contributed by atoms with Crippen LogP contribution in [0.2, 0.25) is 0 Å². The van der Waals surface area contributed by atoms with E-state index in [-0.39, 0.29) is 85.1 Å². The number of aliphatic carboxylic acids is 8. The van der Waals surface area contributed by atoms with Gasteiger partial charge in [0.05, 0.1) is 217 Å². The normalized spacial score (nSPS) is 12.1. The van der Waals surface area contributed by atoms with Crippen LogP contribution in [0, 0.1) is 0 Å². The highest BCUT2D eigenvalue weighted by molar-refractivity contribution is 5.80. The van der Waals surface area contributed by atoms with E-state index >= 15 is 0 Å². The van der Waals surface area contributed by atoms with Gasteiger partial charge in [-0.25, -0.2) is 9.59 Å². The average molecular weight is 1630 g/mol. The maximum absolute atomic E-state index is 14.3. The minimum absolute atomic E-state index is 0.0538. The third-order valence-corrected chi connectivity index (χ3v) is 16.5. The largest absolute Gasteiger partial charge is 0.481 e. The molecule has 0 fully saturated rings. The highest BCUT2D eigenvalue weighted by Crippen LogP contribution is 2.44.